The lowest BCUT2D eigenvalue weighted by molar-refractivity contribution is 0.416. The fourth-order valence-electron chi connectivity index (χ4n) is 2.05. The van der Waals surface area contributed by atoms with Crippen molar-refractivity contribution in [2.24, 2.45) is 0 Å². The van der Waals surface area contributed by atoms with E-state index in [-0.39, 0.29) is 0 Å². The van der Waals surface area contributed by atoms with E-state index < -0.39 is 0 Å². The molecule has 96 valence electrons. The Morgan fingerprint density at radius 1 is 1.21 bits per heavy atom. The van der Waals surface area contributed by atoms with Gasteiger partial charge in [-0.05, 0) is 29.8 Å². The Hall–Kier alpha value is -2.07. The molecule has 0 saturated carbocycles. The van der Waals surface area contributed by atoms with Crippen LogP contribution in [-0.2, 0) is 6.42 Å². The number of hydrogen-bond donors (Lipinski definition) is 0. The molecule has 0 aliphatic carbocycles. The van der Waals surface area contributed by atoms with Gasteiger partial charge >= 0.3 is 0 Å². The molecule has 5 heteroatoms. The van der Waals surface area contributed by atoms with Crippen LogP contribution in [0.3, 0.4) is 0 Å². The smallest absolute Gasteiger partial charge is 0.203 e. The van der Waals surface area contributed by atoms with Crippen LogP contribution in [0.15, 0.2) is 42.6 Å². The topological polar surface area (TPSA) is 39.4 Å². The molecule has 0 radical (unpaired) electrons. The van der Waals surface area contributed by atoms with Crippen LogP contribution >= 0.6 is 11.6 Å². The molecule has 0 fully saturated rings. The minimum atomic E-state index is 0.675. The maximum atomic E-state index is 5.99. The Labute approximate surface area is 115 Å². The van der Waals surface area contributed by atoms with Crippen molar-refractivity contribution >= 4 is 17.2 Å². The van der Waals surface area contributed by atoms with Crippen molar-refractivity contribution in [3.05, 3.63) is 59.0 Å². The number of aromatic nitrogens is 3. The average molecular weight is 274 g/mol. The quantitative estimate of drug-likeness (QED) is 0.736. The maximum absolute atomic E-state index is 5.99. The molecular formula is C14H12ClN3O. The summed E-state index contributed by atoms with van der Waals surface area (Å²) in [5.74, 6) is 1.57. The highest BCUT2D eigenvalue weighted by atomic mass is 35.5. The predicted molar refractivity (Wildman–Crippen MR) is 73.8 cm³/mol. The van der Waals surface area contributed by atoms with E-state index >= 15 is 0 Å². The van der Waals surface area contributed by atoms with E-state index in [0.29, 0.717) is 12.2 Å². The summed E-state index contributed by atoms with van der Waals surface area (Å²) >= 11 is 5.99. The SMILES string of the molecule is COc1cccn2c(Cc3cccc(Cl)c3)nnc12. The standard InChI is InChI=1S/C14H12ClN3O/c1-19-12-6-3-7-18-13(16-17-14(12)18)9-10-4-2-5-11(15)8-10/h2-8H,9H2,1H3. The first-order chi connectivity index (χ1) is 9.28. The lowest BCUT2D eigenvalue weighted by Crippen LogP contribution is -1.97. The number of rotatable bonds is 3. The number of fused-ring (bicyclic) bond motifs is 1. The molecule has 0 N–H and O–H groups in total. The molecule has 2 heterocycles. The van der Waals surface area contributed by atoms with Crippen LogP contribution < -0.4 is 4.74 Å². The third-order valence-corrected chi connectivity index (χ3v) is 3.18. The van der Waals surface area contributed by atoms with Gasteiger partial charge in [0.05, 0.1) is 7.11 Å². The van der Waals surface area contributed by atoms with Crippen LogP contribution in [0.2, 0.25) is 5.02 Å². The van der Waals surface area contributed by atoms with Gasteiger partial charge < -0.3 is 4.74 Å². The van der Waals surface area contributed by atoms with Crippen molar-refractivity contribution < 1.29 is 4.74 Å². The lowest BCUT2D eigenvalue weighted by Gasteiger charge is -2.03. The van der Waals surface area contributed by atoms with Gasteiger partial charge in [0.1, 0.15) is 5.82 Å². The molecule has 1 aromatic carbocycles. The van der Waals surface area contributed by atoms with Crippen LogP contribution in [0.5, 0.6) is 5.75 Å². The van der Waals surface area contributed by atoms with E-state index in [4.69, 9.17) is 16.3 Å². The summed E-state index contributed by atoms with van der Waals surface area (Å²) in [7, 11) is 1.63. The molecule has 0 aliphatic rings. The van der Waals surface area contributed by atoms with E-state index in [1.807, 2.05) is 47.0 Å². The molecule has 0 unspecified atom stereocenters. The van der Waals surface area contributed by atoms with Gasteiger partial charge in [-0.3, -0.25) is 4.40 Å². The Kier molecular flexibility index (Phi) is 3.09. The summed E-state index contributed by atoms with van der Waals surface area (Å²) < 4.78 is 7.20. The molecule has 0 spiro atoms. The van der Waals surface area contributed by atoms with Gasteiger partial charge in [0.25, 0.3) is 0 Å². The van der Waals surface area contributed by atoms with Gasteiger partial charge in [-0.15, -0.1) is 10.2 Å². The van der Waals surface area contributed by atoms with E-state index in [1.165, 1.54) is 0 Å². The zero-order chi connectivity index (χ0) is 13.2. The van der Waals surface area contributed by atoms with Gasteiger partial charge in [-0.25, -0.2) is 0 Å². The number of ether oxygens (including phenoxy) is 1. The number of halogens is 1. The van der Waals surface area contributed by atoms with E-state index in [0.717, 1.165) is 22.1 Å². The second-order valence-corrected chi connectivity index (χ2v) is 4.63. The van der Waals surface area contributed by atoms with Gasteiger partial charge in [0.2, 0.25) is 5.65 Å². The molecule has 4 nitrogen and oxygen atoms in total. The first-order valence-corrected chi connectivity index (χ1v) is 6.27. The average Bonchev–Trinajstić information content (AvgIpc) is 2.82. The van der Waals surface area contributed by atoms with Crippen molar-refractivity contribution in [2.45, 2.75) is 6.42 Å². The van der Waals surface area contributed by atoms with Gasteiger partial charge in [-0.1, -0.05) is 23.7 Å². The number of methoxy groups -OCH3 is 1. The Morgan fingerprint density at radius 2 is 2.11 bits per heavy atom. The monoisotopic (exact) mass is 273 g/mol. The molecule has 0 atom stereocenters. The number of pyridine rings is 1. The van der Waals surface area contributed by atoms with Gasteiger partial charge in [0, 0.05) is 17.6 Å². The molecule has 2 aromatic heterocycles. The second-order valence-electron chi connectivity index (χ2n) is 4.19. The molecule has 0 bridgehead atoms. The fraction of sp³-hybridized carbons (Fsp3) is 0.143. The molecule has 0 aliphatic heterocycles. The van der Waals surface area contributed by atoms with Crippen LogP contribution in [0.1, 0.15) is 11.4 Å². The lowest BCUT2D eigenvalue weighted by atomic mass is 10.1. The summed E-state index contributed by atoms with van der Waals surface area (Å²) in [6, 6.07) is 11.5. The first kappa shape index (κ1) is 12.0. The van der Waals surface area contributed by atoms with Crippen molar-refractivity contribution in [1.82, 2.24) is 14.6 Å². The predicted octanol–water partition coefficient (Wildman–Crippen LogP) is 2.98. The van der Waals surface area contributed by atoms with Crippen LogP contribution in [-0.4, -0.2) is 21.7 Å². The van der Waals surface area contributed by atoms with Crippen molar-refractivity contribution in [1.29, 1.82) is 0 Å². The summed E-state index contributed by atoms with van der Waals surface area (Å²) in [5, 5.41) is 9.11. The Bertz CT molecular complexity index is 724. The molecule has 3 rings (SSSR count). The number of benzene rings is 1. The zero-order valence-electron chi connectivity index (χ0n) is 10.4. The Balaban J connectivity index is 2.02. The van der Waals surface area contributed by atoms with Crippen molar-refractivity contribution in [3.63, 3.8) is 0 Å². The normalized spacial score (nSPS) is 10.8. The third kappa shape index (κ3) is 2.27. The minimum absolute atomic E-state index is 0.675. The van der Waals surface area contributed by atoms with Crippen LogP contribution in [0.25, 0.3) is 5.65 Å². The largest absolute Gasteiger partial charge is 0.493 e. The molecule has 19 heavy (non-hydrogen) atoms. The maximum Gasteiger partial charge on any atom is 0.203 e. The zero-order valence-corrected chi connectivity index (χ0v) is 11.1. The number of nitrogens with zero attached hydrogens (tertiary/aromatic N) is 3. The molecular weight excluding hydrogens is 262 g/mol. The summed E-state index contributed by atoms with van der Waals surface area (Å²) in [6.45, 7) is 0. The van der Waals surface area contributed by atoms with Crippen LogP contribution in [0.4, 0.5) is 0 Å². The molecule has 3 aromatic rings. The van der Waals surface area contributed by atoms with Crippen LogP contribution in [0, 0.1) is 0 Å². The molecule has 0 amide bonds. The summed E-state index contributed by atoms with van der Waals surface area (Å²) in [5.41, 5.74) is 1.83. The summed E-state index contributed by atoms with van der Waals surface area (Å²) in [4.78, 5) is 0. The van der Waals surface area contributed by atoms with E-state index in [2.05, 4.69) is 10.2 Å². The van der Waals surface area contributed by atoms with E-state index in [9.17, 15) is 0 Å². The highest BCUT2D eigenvalue weighted by Gasteiger charge is 2.09. The highest BCUT2D eigenvalue weighted by Crippen LogP contribution is 2.19. The second kappa shape index (κ2) is 4.90. The fourth-order valence-corrected chi connectivity index (χ4v) is 2.26. The van der Waals surface area contributed by atoms with E-state index in [1.54, 1.807) is 7.11 Å². The number of hydrogen-bond acceptors (Lipinski definition) is 3. The third-order valence-electron chi connectivity index (χ3n) is 2.94. The van der Waals surface area contributed by atoms with Crippen molar-refractivity contribution in [3.8, 4) is 5.75 Å². The highest BCUT2D eigenvalue weighted by molar-refractivity contribution is 6.30. The first-order valence-electron chi connectivity index (χ1n) is 5.89. The van der Waals surface area contributed by atoms with Gasteiger partial charge in [-0.2, -0.15) is 0 Å². The van der Waals surface area contributed by atoms with Gasteiger partial charge in [0.15, 0.2) is 5.75 Å². The Morgan fingerprint density at radius 3 is 2.89 bits per heavy atom. The minimum Gasteiger partial charge on any atom is -0.493 e. The van der Waals surface area contributed by atoms with Crippen molar-refractivity contribution in [2.75, 3.05) is 7.11 Å². The summed E-state index contributed by atoms with van der Waals surface area (Å²) in [6.07, 6.45) is 2.60. The molecule has 0 saturated heterocycles.